The third kappa shape index (κ3) is 15.5. The Hall–Kier alpha value is -4.50. The van der Waals surface area contributed by atoms with E-state index < -0.39 is 17.9 Å². The highest BCUT2D eigenvalue weighted by Crippen LogP contribution is 2.20. The molecule has 1 aliphatic heterocycles. The molecule has 2 aromatic rings. The monoisotopic (exact) mass is 681 g/mol. The fraction of sp³-hybridized carbons (Fsp3) is 0.486. The average molecular weight is 682 g/mol. The molecule has 1 amide bonds. The van der Waals surface area contributed by atoms with Crippen molar-refractivity contribution in [2.24, 2.45) is 0 Å². The largest absolute Gasteiger partial charge is 0.480 e. The van der Waals surface area contributed by atoms with E-state index in [2.05, 4.69) is 5.32 Å². The molecule has 0 aromatic heterocycles. The predicted octanol–water partition coefficient (Wildman–Crippen LogP) is 1.26. The highest BCUT2D eigenvalue weighted by molar-refractivity contribution is 5.98. The number of nitrogens with one attached hydrogen (secondary N) is 1. The van der Waals surface area contributed by atoms with Crippen molar-refractivity contribution in [1.29, 1.82) is 0 Å². The molecule has 0 saturated carbocycles. The predicted molar refractivity (Wildman–Crippen MR) is 181 cm³/mol. The molecule has 0 aliphatic carbocycles. The maximum atomic E-state index is 12.8. The van der Waals surface area contributed by atoms with Gasteiger partial charge < -0.3 is 20.6 Å². The van der Waals surface area contributed by atoms with Crippen LogP contribution in [0.3, 0.4) is 0 Å². The van der Waals surface area contributed by atoms with Gasteiger partial charge >= 0.3 is 17.9 Å². The number of hydrogen-bond donors (Lipinski definition) is 4. The van der Waals surface area contributed by atoms with Crippen molar-refractivity contribution in [3.8, 4) is 11.1 Å². The summed E-state index contributed by atoms with van der Waals surface area (Å²) in [6.07, 6.45) is 0.864. The van der Waals surface area contributed by atoms with Gasteiger partial charge in [0.2, 0.25) is 5.91 Å². The smallest absolute Gasteiger partial charge is 0.317 e. The lowest BCUT2D eigenvalue weighted by Crippen LogP contribution is -2.49. The van der Waals surface area contributed by atoms with Gasteiger partial charge in [0.1, 0.15) is 5.78 Å². The van der Waals surface area contributed by atoms with Crippen LogP contribution in [0.15, 0.2) is 54.6 Å². The number of benzene rings is 2. The van der Waals surface area contributed by atoms with Crippen molar-refractivity contribution in [1.82, 2.24) is 24.9 Å². The van der Waals surface area contributed by atoms with Gasteiger partial charge in [-0.1, -0.05) is 54.6 Å². The van der Waals surface area contributed by atoms with Gasteiger partial charge in [0.15, 0.2) is 5.78 Å². The van der Waals surface area contributed by atoms with Crippen molar-refractivity contribution in [3.05, 3.63) is 60.2 Å². The Morgan fingerprint density at radius 2 is 0.959 bits per heavy atom. The third-order valence-electron chi connectivity index (χ3n) is 8.27. The van der Waals surface area contributed by atoms with Crippen molar-refractivity contribution >= 4 is 35.4 Å². The summed E-state index contributed by atoms with van der Waals surface area (Å²) in [4.78, 5) is 79.1. The first-order valence-electron chi connectivity index (χ1n) is 16.5. The SMILES string of the molecule is O=C(O)CN1CCN(CC(=O)O)CCN(CC(=O)NCCCC(=O)CCC(=O)c2ccc(-c3ccccc3)cc2)CCN(CC(=O)O)CC1. The van der Waals surface area contributed by atoms with Gasteiger partial charge in [-0.25, -0.2) is 0 Å². The van der Waals surface area contributed by atoms with Crippen LogP contribution in [0, 0.1) is 0 Å². The number of carboxylic acid groups (broad SMARTS) is 3. The van der Waals surface area contributed by atoms with E-state index in [-0.39, 0.29) is 82.5 Å². The van der Waals surface area contributed by atoms with Crippen molar-refractivity contribution in [3.63, 3.8) is 0 Å². The molecular weight excluding hydrogens is 634 g/mol. The average Bonchev–Trinajstić information content (AvgIpc) is 3.06. The number of carbonyl (C=O) groups excluding carboxylic acids is 3. The molecule has 4 N–H and O–H groups in total. The molecule has 1 saturated heterocycles. The molecule has 0 radical (unpaired) electrons. The van der Waals surface area contributed by atoms with Crippen LogP contribution in [0.5, 0.6) is 0 Å². The fourth-order valence-electron chi connectivity index (χ4n) is 5.56. The van der Waals surface area contributed by atoms with E-state index in [9.17, 15) is 44.1 Å². The van der Waals surface area contributed by atoms with E-state index in [4.69, 9.17) is 0 Å². The van der Waals surface area contributed by atoms with Gasteiger partial charge in [0.05, 0.1) is 26.2 Å². The van der Waals surface area contributed by atoms with Crippen molar-refractivity contribution in [2.75, 3.05) is 85.1 Å². The van der Waals surface area contributed by atoms with Crippen molar-refractivity contribution < 1.29 is 44.1 Å². The molecule has 0 bridgehead atoms. The van der Waals surface area contributed by atoms with Gasteiger partial charge in [-0.3, -0.25) is 48.4 Å². The van der Waals surface area contributed by atoms with Gasteiger partial charge in [-0.15, -0.1) is 0 Å². The molecule has 1 heterocycles. The summed E-state index contributed by atoms with van der Waals surface area (Å²) >= 11 is 0. The van der Waals surface area contributed by atoms with Crippen LogP contribution in [-0.4, -0.2) is 155 Å². The van der Waals surface area contributed by atoms with E-state index in [1.807, 2.05) is 47.4 Å². The molecule has 0 unspecified atom stereocenters. The maximum absolute atomic E-state index is 12.8. The molecule has 1 fully saturated rings. The fourth-order valence-corrected chi connectivity index (χ4v) is 5.56. The molecule has 1 aliphatic rings. The quantitative estimate of drug-likeness (QED) is 0.138. The Balaban J connectivity index is 1.44. The summed E-state index contributed by atoms with van der Waals surface area (Å²) < 4.78 is 0. The highest BCUT2D eigenvalue weighted by Gasteiger charge is 2.21. The second-order valence-electron chi connectivity index (χ2n) is 12.1. The van der Waals surface area contributed by atoms with Crippen LogP contribution in [0.1, 0.15) is 36.0 Å². The lowest BCUT2D eigenvalue weighted by atomic mass is 10.00. The molecular formula is C35H47N5O9. The molecule has 14 heteroatoms. The number of Topliss-reactive ketones (excluding diaryl/α,β-unsaturated/α-hetero) is 2. The first-order chi connectivity index (χ1) is 23.5. The van der Waals surface area contributed by atoms with E-state index in [1.54, 1.807) is 26.8 Å². The zero-order chi connectivity index (χ0) is 35.6. The number of carbonyl (C=O) groups is 6. The van der Waals surface area contributed by atoms with E-state index in [1.165, 1.54) is 0 Å². The number of amides is 1. The number of rotatable bonds is 17. The number of hydrogen-bond acceptors (Lipinski definition) is 10. The maximum Gasteiger partial charge on any atom is 0.317 e. The first-order valence-corrected chi connectivity index (χ1v) is 16.5. The minimum Gasteiger partial charge on any atom is -0.480 e. The normalized spacial score (nSPS) is 15.8. The van der Waals surface area contributed by atoms with Crippen LogP contribution in [0.4, 0.5) is 0 Å². The number of aliphatic carboxylic acids is 3. The highest BCUT2D eigenvalue weighted by atomic mass is 16.4. The Kier molecular flexibility index (Phi) is 16.5. The molecule has 49 heavy (non-hydrogen) atoms. The lowest BCUT2D eigenvalue weighted by Gasteiger charge is -2.32. The minimum absolute atomic E-state index is 0.00152. The second kappa shape index (κ2) is 20.8. The van der Waals surface area contributed by atoms with Crippen LogP contribution in [0.25, 0.3) is 11.1 Å². The van der Waals surface area contributed by atoms with Crippen LogP contribution < -0.4 is 5.32 Å². The third-order valence-corrected chi connectivity index (χ3v) is 8.27. The molecule has 14 nitrogen and oxygen atoms in total. The second-order valence-corrected chi connectivity index (χ2v) is 12.1. The first kappa shape index (κ1) is 38.9. The molecule has 3 rings (SSSR count). The van der Waals surface area contributed by atoms with Gasteiger partial charge in [-0.2, -0.15) is 0 Å². The summed E-state index contributed by atoms with van der Waals surface area (Å²) in [7, 11) is 0. The summed E-state index contributed by atoms with van der Waals surface area (Å²) in [6.45, 7) is 1.97. The summed E-state index contributed by atoms with van der Waals surface area (Å²) in [5.74, 6) is -3.52. The lowest BCUT2D eigenvalue weighted by molar-refractivity contribution is -0.140. The van der Waals surface area contributed by atoms with Gasteiger partial charge in [-0.05, 0) is 17.5 Å². The Labute approximate surface area is 286 Å². The van der Waals surface area contributed by atoms with Crippen LogP contribution >= 0.6 is 0 Å². The van der Waals surface area contributed by atoms with E-state index in [0.29, 0.717) is 51.3 Å². The topological polar surface area (TPSA) is 188 Å². The molecule has 266 valence electrons. The van der Waals surface area contributed by atoms with Gasteiger partial charge in [0, 0.05) is 83.7 Å². The zero-order valence-corrected chi connectivity index (χ0v) is 27.8. The number of ketones is 2. The van der Waals surface area contributed by atoms with E-state index >= 15 is 0 Å². The summed E-state index contributed by atoms with van der Waals surface area (Å²) in [5.41, 5.74) is 2.61. The zero-order valence-electron chi connectivity index (χ0n) is 27.8. The van der Waals surface area contributed by atoms with Crippen LogP contribution in [0.2, 0.25) is 0 Å². The van der Waals surface area contributed by atoms with Crippen molar-refractivity contribution in [2.45, 2.75) is 25.7 Å². The summed E-state index contributed by atoms with van der Waals surface area (Å²) in [6, 6.07) is 17.1. The Morgan fingerprint density at radius 3 is 1.41 bits per heavy atom. The van der Waals surface area contributed by atoms with E-state index in [0.717, 1.165) is 11.1 Å². The van der Waals surface area contributed by atoms with Gasteiger partial charge in [0.25, 0.3) is 0 Å². The Morgan fingerprint density at radius 1 is 0.531 bits per heavy atom. The summed E-state index contributed by atoms with van der Waals surface area (Å²) in [5, 5.41) is 30.9. The molecule has 0 spiro atoms. The minimum atomic E-state index is -1.03. The van der Waals surface area contributed by atoms with Crippen LogP contribution in [-0.2, 0) is 24.0 Å². The molecule has 0 atom stereocenters. The number of carboxylic acids is 3. The standard InChI is InChI=1S/C35H47N5O9/c41-30(12-13-31(42)29-10-8-28(9-11-29)27-5-2-1-3-6-27)7-4-14-36-32(43)23-37-15-17-38(24-33(44)45)19-21-40(26-35(48)49)22-20-39(18-16-37)25-34(46)47/h1-3,5-6,8-11H,4,7,12-26H2,(H,36,43)(H,44,45)(H,46,47)(H,48,49). The molecule has 2 aromatic carbocycles. The Bertz CT molecular complexity index is 1370. The number of nitrogens with zero attached hydrogens (tertiary/aromatic N) is 4.